The molecule has 1 aromatic heterocycles. The molecule has 0 aliphatic heterocycles. The van der Waals surface area contributed by atoms with Crippen LogP contribution in [-0.4, -0.2) is 36.0 Å². The number of carboxylic acid groups (broad SMARTS) is 1. The zero-order valence-corrected chi connectivity index (χ0v) is 13.3. The van der Waals surface area contributed by atoms with Crippen LogP contribution in [0.25, 0.3) is 0 Å². The molecular formula is C13H13ClN2O5S. The number of aromatic carboxylic acids is 1. The number of aryl methyl sites for hydroxylation is 1. The Balaban J connectivity index is 2.37. The lowest BCUT2D eigenvalue weighted by Crippen LogP contribution is -2.27. The topological polar surface area (TPSA) is 101 Å². The van der Waals surface area contributed by atoms with Crippen LogP contribution in [0.3, 0.4) is 0 Å². The molecule has 0 spiro atoms. The minimum atomic E-state index is -3.96. The van der Waals surface area contributed by atoms with Crippen molar-refractivity contribution in [1.82, 2.24) is 9.46 Å². The first kappa shape index (κ1) is 16.5. The number of aromatic nitrogens is 1. The third-order valence-electron chi connectivity index (χ3n) is 2.93. The van der Waals surface area contributed by atoms with Crippen LogP contribution in [0.1, 0.15) is 21.8 Å². The van der Waals surface area contributed by atoms with E-state index in [4.69, 9.17) is 21.2 Å². The van der Waals surface area contributed by atoms with Gasteiger partial charge in [-0.1, -0.05) is 16.8 Å². The van der Waals surface area contributed by atoms with Crippen molar-refractivity contribution in [2.24, 2.45) is 0 Å². The van der Waals surface area contributed by atoms with Crippen LogP contribution in [0.15, 0.2) is 33.7 Å². The van der Waals surface area contributed by atoms with Gasteiger partial charge in [0.05, 0.1) is 22.8 Å². The predicted octanol–water partition coefficient (Wildman–Crippen LogP) is 2.16. The van der Waals surface area contributed by atoms with E-state index in [1.807, 2.05) is 0 Å². The Morgan fingerprint density at radius 3 is 2.64 bits per heavy atom. The molecule has 118 valence electrons. The summed E-state index contributed by atoms with van der Waals surface area (Å²) in [4.78, 5) is 10.7. The number of halogens is 1. The first-order valence-electron chi connectivity index (χ1n) is 6.13. The van der Waals surface area contributed by atoms with Gasteiger partial charge in [0.25, 0.3) is 0 Å². The molecular weight excluding hydrogens is 332 g/mol. The molecule has 0 radical (unpaired) electrons. The molecule has 0 bridgehead atoms. The Bertz CT molecular complexity index is 816. The summed E-state index contributed by atoms with van der Waals surface area (Å²) in [7, 11) is -2.61. The lowest BCUT2D eigenvalue weighted by molar-refractivity contribution is 0.0696. The van der Waals surface area contributed by atoms with Crippen LogP contribution in [0, 0.1) is 6.92 Å². The fourth-order valence-electron chi connectivity index (χ4n) is 1.81. The van der Waals surface area contributed by atoms with Crippen molar-refractivity contribution in [3.8, 4) is 0 Å². The van der Waals surface area contributed by atoms with Crippen LogP contribution < -0.4 is 0 Å². The van der Waals surface area contributed by atoms with E-state index in [0.717, 1.165) is 10.4 Å². The number of sulfonamides is 1. The van der Waals surface area contributed by atoms with E-state index < -0.39 is 16.0 Å². The molecule has 0 fully saturated rings. The van der Waals surface area contributed by atoms with Crippen molar-refractivity contribution in [1.29, 1.82) is 0 Å². The molecule has 2 aromatic rings. The second-order valence-electron chi connectivity index (χ2n) is 4.64. The smallest absolute Gasteiger partial charge is 0.335 e. The van der Waals surface area contributed by atoms with Crippen LogP contribution in [0.5, 0.6) is 0 Å². The molecule has 9 heteroatoms. The van der Waals surface area contributed by atoms with Crippen molar-refractivity contribution in [2.75, 3.05) is 7.05 Å². The third kappa shape index (κ3) is 3.29. The first-order chi connectivity index (χ1) is 10.2. The number of carbonyl (C=O) groups is 1. The summed E-state index contributed by atoms with van der Waals surface area (Å²) in [5, 5.41) is 12.6. The van der Waals surface area contributed by atoms with Crippen molar-refractivity contribution < 1.29 is 22.8 Å². The molecule has 0 unspecified atom stereocenters. The largest absolute Gasteiger partial charge is 0.478 e. The Morgan fingerprint density at radius 1 is 1.41 bits per heavy atom. The maximum absolute atomic E-state index is 12.5. The molecule has 0 atom stereocenters. The first-order valence-corrected chi connectivity index (χ1v) is 7.95. The molecule has 22 heavy (non-hydrogen) atoms. The van der Waals surface area contributed by atoms with E-state index in [9.17, 15) is 13.2 Å². The van der Waals surface area contributed by atoms with E-state index >= 15 is 0 Å². The van der Waals surface area contributed by atoms with Crippen molar-refractivity contribution in [3.63, 3.8) is 0 Å². The van der Waals surface area contributed by atoms with Crippen molar-refractivity contribution in [2.45, 2.75) is 18.4 Å². The van der Waals surface area contributed by atoms with Gasteiger partial charge >= 0.3 is 5.97 Å². The minimum absolute atomic E-state index is 0.0205. The minimum Gasteiger partial charge on any atom is -0.478 e. The van der Waals surface area contributed by atoms with E-state index in [2.05, 4.69) is 5.16 Å². The van der Waals surface area contributed by atoms with E-state index in [1.54, 1.807) is 13.0 Å². The van der Waals surface area contributed by atoms with Gasteiger partial charge in [-0.3, -0.25) is 0 Å². The molecule has 0 aliphatic rings. The molecule has 1 heterocycles. The number of hydrogen-bond acceptors (Lipinski definition) is 5. The van der Waals surface area contributed by atoms with Gasteiger partial charge in [0.1, 0.15) is 10.7 Å². The summed E-state index contributed by atoms with van der Waals surface area (Å²) in [6, 6.07) is 5.13. The normalized spacial score (nSPS) is 11.8. The van der Waals surface area contributed by atoms with Gasteiger partial charge in [0.2, 0.25) is 10.0 Å². The number of hydrogen-bond donors (Lipinski definition) is 1. The Hall–Kier alpha value is -1.90. The molecule has 0 saturated heterocycles. The average molecular weight is 345 g/mol. The number of rotatable bonds is 5. The molecule has 7 nitrogen and oxygen atoms in total. The van der Waals surface area contributed by atoms with Crippen molar-refractivity contribution in [3.05, 3.63) is 46.3 Å². The average Bonchev–Trinajstić information content (AvgIpc) is 2.84. The Kier molecular flexibility index (Phi) is 4.55. The van der Waals surface area contributed by atoms with Crippen LogP contribution >= 0.6 is 11.6 Å². The van der Waals surface area contributed by atoms with E-state index in [1.165, 1.54) is 19.2 Å². The van der Waals surface area contributed by atoms with Crippen LogP contribution in [0.4, 0.5) is 0 Å². The van der Waals surface area contributed by atoms with Gasteiger partial charge in [-0.15, -0.1) is 0 Å². The van der Waals surface area contributed by atoms with Gasteiger partial charge in [-0.25, -0.2) is 13.2 Å². The molecule has 0 saturated carbocycles. The summed E-state index contributed by atoms with van der Waals surface area (Å²) >= 11 is 5.90. The lowest BCUT2D eigenvalue weighted by atomic mass is 10.2. The third-order valence-corrected chi connectivity index (χ3v) is 5.21. The molecule has 2 rings (SSSR count). The second kappa shape index (κ2) is 6.07. The Labute approximate surface area is 132 Å². The predicted molar refractivity (Wildman–Crippen MR) is 78.3 cm³/mol. The fraction of sp³-hybridized carbons (Fsp3) is 0.231. The lowest BCUT2D eigenvalue weighted by Gasteiger charge is -2.17. The fourth-order valence-corrected chi connectivity index (χ4v) is 3.45. The molecule has 0 aliphatic carbocycles. The SMILES string of the molecule is Cc1cc(CN(C)S(=O)(=O)c2cc(C(=O)O)ccc2Cl)no1. The maximum Gasteiger partial charge on any atom is 0.335 e. The number of benzene rings is 1. The molecule has 1 aromatic carbocycles. The second-order valence-corrected chi connectivity index (χ2v) is 7.06. The summed E-state index contributed by atoms with van der Waals surface area (Å²) in [6.45, 7) is 1.67. The highest BCUT2D eigenvalue weighted by atomic mass is 35.5. The van der Waals surface area contributed by atoms with Crippen molar-refractivity contribution >= 4 is 27.6 Å². The van der Waals surface area contributed by atoms with Gasteiger partial charge in [0.15, 0.2) is 0 Å². The van der Waals surface area contributed by atoms with E-state index in [-0.39, 0.29) is 22.0 Å². The monoisotopic (exact) mass is 344 g/mol. The highest BCUT2D eigenvalue weighted by Gasteiger charge is 2.25. The zero-order chi connectivity index (χ0) is 16.5. The summed E-state index contributed by atoms with van der Waals surface area (Å²) < 4.78 is 31.0. The Morgan fingerprint density at radius 2 is 2.09 bits per heavy atom. The highest BCUT2D eigenvalue weighted by Crippen LogP contribution is 2.26. The quantitative estimate of drug-likeness (QED) is 0.891. The number of nitrogens with zero attached hydrogens (tertiary/aromatic N) is 2. The highest BCUT2D eigenvalue weighted by molar-refractivity contribution is 7.89. The van der Waals surface area contributed by atoms with Gasteiger partial charge < -0.3 is 9.63 Å². The van der Waals surface area contributed by atoms with Gasteiger partial charge in [0, 0.05) is 13.1 Å². The summed E-state index contributed by atoms with van der Waals surface area (Å²) in [5.41, 5.74) is 0.280. The summed E-state index contributed by atoms with van der Waals surface area (Å²) in [6.07, 6.45) is 0. The van der Waals surface area contributed by atoms with Gasteiger partial charge in [-0.2, -0.15) is 4.31 Å². The maximum atomic E-state index is 12.5. The molecule has 0 amide bonds. The van der Waals surface area contributed by atoms with Crippen LogP contribution in [0.2, 0.25) is 5.02 Å². The number of carboxylic acids is 1. The van der Waals surface area contributed by atoms with Gasteiger partial charge in [-0.05, 0) is 25.1 Å². The zero-order valence-electron chi connectivity index (χ0n) is 11.8. The summed E-state index contributed by atoms with van der Waals surface area (Å²) in [5.74, 6) is -0.672. The standard InChI is InChI=1S/C13H13ClN2O5S/c1-8-5-10(15-21-8)7-16(2)22(19,20)12-6-9(13(17)18)3-4-11(12)14/h3-6H,7H2,1-2H3,(H,17,18). The van der Waals surface area contributed by atoms with E-state index in [0.29, 0.717) is 11.5 Å². The van der Waals surface area contributed by atoms with Crippen LogP contribution in [-0.2, 0) is 16.6 Å². The molecule has 1 N–H and O–H groups in total.